The van der Waals surface area contributed by atoms with E-state index in [0.29, 0.717) is 23.7 Å². The van der Waals surface area contributed by atoms with Crippen LogP contribution in [0.1, 0.15) is 56.4 Å². The van der Waals surface area contributed by atoms with Crippen molar-refractivity contribution < 1.29 is 4.79 Å². The smallest absolute Gasteiger partial charge is 0.257 e. The van der Waals surface area contributed by atoms with Gasteiger partial charge >= 0.3 is 0 Å². The summed E-state index contributed by atoms with van der Waals surface area (Å²) in [5.41, 5.74) is 2.49. The van der Waals surface area contributed by atoms with Crippen LogP contribution in [-0.2, 0) is 18.3 Å². The molecule has 0 aliphatic rings. The molecule has 0 fully saturated rings. The van der Waals surface area contributed by atoms with Crippen LogP contribution >= 0.6 is 11.8 Å². The van der Waals surface area contributed by atoms with Crippen LogP contribution in [0.4, 0.5) is 0 Å². The van der Waals surface area contributed by atoms with E-state index >= 15 is 0 Å². The summed E-state index contributed by atoms with van der Waals surface area (Å²) in [5, 5.41) is 3.35. The number of benzene rings is 1. The molecule has 0 bridgehead atoms. The molecule has 0 aliphatic heterocycles. The zero-order valence-corrected chi connectivity index (χ0v) is 18.1. The molecule has 0 saturated heterocycles. The maximum atomic E-state index is 13.0. The van der Waals surface area contributed by atoms with Gasteiger partial charge in [-0.2, -0.15) is 0 Å². The van der Waals surface area contributed by atoms with Gasteiger partial charge in [-0.25, -0.2) is 4.98 Å². The van der Waals surface area contributed by atoms with Crippen LogP contribution in [0.2, 0.25) is 0 Å². The maximum Gasteiger partial charge on any atom is 0.257 e. The van der Waals surface area contributed by atoms with Crippen molar-refractivity contribution in [2.24, 2.45) is 7.05 Å². The number of unbranched alkanes of at least 4 members (excludes halogenated alkanes) is 1. The molecule has 5 nitrogen and oxygen atoms in total. The van der Waals surface area contributed by atoms with E-state index in [2.05, 4.69) is 17.2 Å². The minimum atomic E-state index is -0.232. The lowest BCUT2D eigenvalue weighted by Gasteiger charge is -2.18. The third-order valence-corrected chi connectivity index (χ3v) is 5.99. The van der Waals surface area contributed by atoms with E-state index in [4.69, 9.17) is 0 Å². The standard InChI is InChI=1S/C22H31N3O2S/c1-5-7-13-19(20(26)23-14-6-2)28-22-24-16(3)18(21(27)25(22)4)15-17-11-9-8-10-12-17/h8-12,19H,5-7,13-15H2,1-4H3,(H,23,26). The van der Waals surface area contributed by atoms with Crippen LogP contribution in [0.3, 0.4) is 0 Å². The Morgan fingerprint density at radius 3 is 2.57 bits per heavy atom. The van der Waals surface area contributed by atoms with Gasteiger partial charge in [0.15, 0.2) is 5.16 Å². The molecule has 1 unspecified atom stereocenters. The van der Waals surface area contributed by atoms with Crippen LogP contribution in [0.25, 0.3) is 0 Å². The maximum absolute atomic E-state index is 13.0. The summed E-state index contributed by atoms with van der Waals surface area (Å²) in [6.45, 7) is 6.70. The number of nitrogens with zero attached hydrogens (tertiary/aromatic N) is 2. The topological polar surface area (TPSA) is 64.0 Å². The number of amides is 1. The van der Waals surface area contributed by atoms with Crippen LogP contribution < -0.4 is 10.9 Å². The quantitative estimate of drug-likeness (QED) is 0.485. The van der Waals surface area contributed by atoms with E-state index in [-0.39, 0.29) is 16.7 Å². The molecule has 0 aliphatic carbocycles. The first-order valence-corrected chi connectivity index (χ1v) is 10.9. The second kappa shape index (κ2) is 11.1. The highest BCUT2D eigenvalue weighted by Gasteiger charge is 2.22. The molecule has 1 aromatic carbocycles. The minimum Gasteiger partial charge on any atom is -0.355 e. The molecule has 1 N–H and O–H groups in total. The Labute approximate surface area is 172 Å². The van der Waals surface area contributed by atoms with E-state index in [1.807, 2.05) is 44.2 Å². The largest absolute Gasteiger partial charge is 0.355 e. The molecule has 28 heavy (non-hydrogen) atoms. The predicted molar refractivity (Wildman–Crippen MR) is 116 cm³/mol. The van der Waals surface area contributed by atoms with Gasteiger partial charge in [0.1, 0.15) is 0 Å². The first-order chi connectivity index (χ1) is 13.5. The Morgan fingerprint density at radius 1 is 1.21 bits per heavy atom. The van der Waals surface area contributed by atoms with Gasteiger partial charge in [-0.1, -0.05) is 68.8 Å². The summed E-state index contributed by atoms with van der Waals surface area (Å²) in [6.07, 6.45) is 4.24. The van der Waals surface area contributed by atoms with Gasteiger partial charge in [0.2, 0.25) is 5.91 Å². The highest BCUT2D eigenvalue weighted by molar-refractivity contribution is 8.00. The van der Waals surface area contributed by atoms with Crippen molar-refractivity contribution in [3.05, 3.63) is 57.5 Å². The van der Waals surface area contributed by atoms with E-state index < -0.39 is 0 Å². The third-order valence-electron chi connectivity index (χ3n) is 4.68. The average Bonchev–Trinajstić information content (AvgIpc) is 2.70. The van der Waals surface area contributed by atoms with Gasteiger partial charge in [-0.15, -0.1) is 0 Å². The number of carbonyl (C=O) groups excluding carboxylic acids is 1. The Bertz CT molecular complexity index is 834. The highest BCUT2D eigenvalue weighted by Crippen LogP contribution is 2.25. The Kier molecular flexibility index (Phi) is 8.77. The fraction of sp³-hybridized carbons (Fsp3) is 0.500. The van der Waals surface area contributed by atoms with E-state index in [1.54, 1.807) is 11.6 Å². The molecular weight excluding hydrogens is 370 g/mol. The number of hydrogen-bond donors (Lipinski definition) is 1. The van der Waals surface area contributed by atoms with Crippen molar-refractivity contribution in [1.82, 2.24) is 14.9 Å². The Hall–Kier alpha value is -2.08. The number of rotatable bonds is 10. The van der Waals surface area contributed by atoms with Gasteiger partial charge in [0.25, 0.3) is 5.56 Å². The summed E-state index contributed by atoms with van der Waals surface area (Å²) in [5.74, 6) is 0.0283. The van der Waals surface area contributed by atoms with Crippen LogP contribution in [0.5, 0.6) is 0 Å². The Morgan fingerprint density at radius 2 is 1.93 bits per heavy atom. The van der Waals surface area contributed by atoms with Gasteiger partial charge in [0.05, 0.1) is 5.25 Å². The zero-order chi connectivity index (χ0) is 20.5. The molecule has 1 heterocycles. The van der Waals surface area contributed by atoms with Crippen molar-refractivity contribution in [2.75, 3.05) is 6.54 Å². The van der Waals surface area contributed by atoms with Crippen molar-refractivity contribution >= 4 is 17.7 Å². The van der Waals surface area contributed by atoms with Crippen LogP contribution in [0.15, 0.2) is 40.3 Å². The second-order valence-electron chi connectivity index (χ2n) is 7.02. The number of thioether (sulfide) groups is 1. The SMILES string of the molecule is CCCCC(Sc1nc(C)c(Cc2ccccc2)c(=O)n1C)C(=O)NCCC. The molecule has 152 valence electrons. The number of nitrogens with one attached hydrogen (secondary N) is 1. The molecule has 2 aromatic rings. The number of hydrogen-bond acceptors (Lipinski definition) is 4. The normalized spacial score (nSPS) is 12.0. The first-order valence-electron chi connectivity index (χ1n) is 10.0. The van der Waals surface area contributed by atoms with E-state index in [9.17, 15) is 9.59 Å². The lowest BCUT2D eigenvalue weighted by molar-refractivity contribution is -0.120. The monoisotopic (exact) mass is 401 g/mol. The van der Waals surface area contributed by atoms with E-state index in [0.717, 1.165) is 36.9 Å². The number of aryl methyl sites for hydroxylation is 1. The summed E-state index contributed by atoms with van der Waals surface area (Å²) < 4.78 is 1.59. The number of carbonyl (C=O) groups is 1. The van der Waals surface area contributed by atoms with Gasteiger partial charge in [0, 0.05) is 31.3 Å². The van der Waals surface area contributed by atoms with Crippen LogP contribution in [-0.4, -0.2) is 27.3 Å². The first kappa shape index (κ1) is 22.2. The summed E-state index contributed by atoms with van der Waals surface area (Å²) >= 11 is 1.40. The molecule has 1 amide bonds. The molecule has 2 rings (SSSR count). The Balaban J connectivity index is 2.26. The molecule has 6 heteroatoms. The van der Waals surface area contributed by atoms with Gasteiger partial charge < -0.3 is 5.32 Å². The summed E-state index contributed by atoms with van der Waals surface area (Å²) in [4.78, 5) is 30.2. The van der Waals surface area contributed by atoms with Crippen LogP contribution in [0, 0.1) is 6.92 Å². The van der Waals surface area contributed by atoms with Crippen molar-refractivity contribution in [3.8, 4) is 0 Å². The van der Waals surface area contributed by atoms with Crippen molar-refractivity contribution in [1.29, 1.82) is 0 Å². The summed E-state index contributed by atoms with van der Waals surface area (Å²) in [7, 11) is 1.74. The average molecular weight is 402 g/mol. The van der Waals surface area contributed by atoms with Gasteiger partial charge in [-0.05, 0) is 25.3 Å². The molecule has 1 atom stereocenters. The third kappa shape index (κ3) is 5.96. The summed E-state index contributed by atoms with van der Waals surface area (Å²) in [6, 6.07) is 9.94. The molecule has 0 radical (unpaired) electrons. The molecule has 0 saturated carbocycles. The molecular formula is C22H31N3O2S. The molecule has 1 aromatic heterocycles. The lowest BCUT2D eigenvalue weighted by Crippen LogP contribution is -2.34. The fourth-order valence-electron chi connectivity index (χ4n) is 2.96. The fourth-order valence-corrected chi connectivity index (χ4v) is 4.12. The van der Waals surface area contributed by atoms with E-state index in [1.165, 1.54) is 11.8 Å². The minimum absolute atomic E-state index is 0.0283. The zero-order valence-electron chi connectivity index (χ0n) is 17.3. The molecule has 0 spiro atoms. The second-order valence-corrected chi connectivity index (χ2v) is 8.19. The van der Waals surface area contributed by atoms with Crippen molar-refractivity contribution in [2.45, 2.75) is 63.3 Å². The predicted octanol–water partition coefficient (Wildman–Crippen LogP) is 3.86. The van der Waals surface area contributed by atoms with Gasteiger partial charge in [-0.3, -0.25) is 14.2 Å². The lowest BCUT2D eigenvalue weighted by atomic mass is 10.1. The highest BCUT2D eigenvalue weighted by atomic mass is 32.2. The van der Waals surface area contributed by atoms with Crippen molar-refractivity contribution in [3.63, 3.8) is 0 Å². The number of aromatic nitrogens is 2.